The van der Waals surface area contributed by atoms with Crippen LogP contribution in [0.4, 0.5) is 8.78 Å². The molecule has 0 fully saturated rings. The van der Waals surface area contributed by atoms with Crippen molar-refractivity contribution < 1.29 is 8.78 Å². The first kappa shape index (κ1) is 11.3. The summed E-state index contributed by atoms with van der Waals surface area (Å²) >= 11 is 0. The predicted molar refractivity (Wildman–Crippen MR) is 53.9 cm³/mol. The highest BCUT2D eigenvalue weighted by Gasteiger charge is 2.22. The Labute approximate surface area is 82.9 Å². The third kappa shape index (κ3) is 3.96. The van der Waals surface area contributed by atoms with Crippen molar-refractivity contribution >= 4 is 6.21 Å². The van der Waals surface area contributed by atoms with Crippen molar-refractivity contribution in [2.75, 3.05) is 6.54 Å². The van der Waals surface area contributed by atoms with Gasteiger partial charge in [0, 0.05) is 19.2 Å². The average molecular weight is 202 g/mol. The second-order valence-electron chi connectivity index (χ2n) is 3.76. The van der Waals surface area contributed by atoms with E-state index in [-0.39, 0.29) is 12.5 Å². The maximum Gasteiger partial charge on any atom is 0.245 e. The summed E-state index contributed by atoms with van der Waals surface area (Å²) in [6.07, 6.45) is 4.75. The lowest BCUT2D eigenvalue weighted by Gasteiger charge is -2.17. The summed E-state index contributed by atoms with van der Waals surface area (Å²) in [5.41, 5.74) is 6.40. The van der Waals surface area contributed by atoms with Gasteiger partial charge in [0.25, 0.3) is 0 Å². The fourth-order valence-electron chi connectivity index (χ4n) is 1.35. The Morgan fingerprint density at radius 3 is 2.79 bits per heavy atom. The number of aliphatic imine (C=N–C) groups is 1. The van der Waals surface area contributed by atoms with Crippen LogP contribution in [0.5, 0.6) is 0 Å². The van der Waals surface area contributed by atoms with E-state index in [1.54, 1.807) is 6.21 Å². The molecule has 0 saturated heterocycles. The van der Waals surface area contributed by atoms with Crippen LogP contribution < -0.4 is 5.73 Å². The van der Waals surface area contributed by atoms with Gasteiger partial charge in [-0.15, -0.1) is 0 Å². The molecule has 1 unspecified atom stereocenters. The molecule has 0 aromatic heterocycles. The molecule has 1 aliphatic heterocycles. The van der Waals surface area contributed by atoms with Crippen LogP contribution in [0.25, 0.3) is 0 Å². The van der Waals surface area contributed by atoms with Crippen LogP contribution in [0.1, 0.15) is 26.2 Å². The Bertz CT molecular complexity index is 241. The summed E-state index contributed by atoms with van der Waals surface area (Å²) in [6.45, 7) is 1.42. The number of nitrogens with zero attached hydrogens (tertiary/aromatic N) is 1. The molecule has 0 aromatic rings. The summed E-state index contributed by atoms with van der Waals surface area (Å²) < 4.78 is 25.1. The van der Waals surface area contributed by atoms with Gasteiger partial charge < -0.3 is 5.73 Å². The van der Waals surface area contributed by atoms with Crippen LogP contribution in [-0.4, -0.2) is 24.7 Å². The molecule has 0 saturated carbocycles. The van der Waals surface area contributed by atoms with E-state index in [0.717, 1.165) is 18.9 Å². The zero-order valence-corrected chi connectivity index (χ0v) is 8.34. The number of rotatable bonds is 4. The zero-order chi connectivity index (χ0) is 10.6. The van der Waals surface area contributed by atoms with Gasteiger partial charge in [-0.1, -0.05) is 6.08 Å². The van der Waals surface area contributed by atoms with E-state index in [9.17, 15) is 8.78 Å². The molecule has 80 valence electrons. The highest BCUT2D eigenvalue weighted by Crippen LogP contribution is 2.23. The summed E-state index contributed by atoms with van der Waals surface area (Å²) in [5.74, 6) is -2.58. The number of alkyl halides is 2. The average Bonchev–Trinajstić information content (AvgIpc) is 2.14. The van der Waals surface area contributed by atoms with E-state index < -0.39 is 5.92 Å². The Balaban J connectivity index is 2.31. The number of hydrogen-bond donors (Lipinski definition) is 1. The van der Waals surface area contributed by atoms with Crippen LogP contribution in [0, 0.1) is 0 Å². The van der Waals surface area contributed by atoms with Gasteiger partial charge in [-0.2, -0.15) is 0 Å². The first-order valence-corrected chi connectivity index (χ1v) is 4.81. The van der Waals surface area contributed by atoms with Crippen LogP contribution in [0.15, 0.2) is 16.6 Å². The molecule has 4 heteroatoms. The van der Waals surface area contributed by atoms with Gasteiger partial charge in [0.05, 0.1) is 6.04 Å². The lowest BCUT2D eigenvalue weighted by Crippen LogP contribution is -2.17. The van der Waals surface area contributed by atoms with Gasteiger partial charge in [0.1, 0.15) is 0 Å². The lowest BCUT2D eigenvalue weighted by molar-refractivity contribution is 0.00938. The topological polar surface area (TPSA) is 38.4 Å². The molecule has 0 aliphatic carbocycles. The third-order valence-corrected chi connectivity index (χ3v) is 2.26. The smallest absolute Gasteiger partial charge is 0.245 e. The zero-order valence-electron chi connectivity index (χ0n) is 8.34. The Morgan fingerprint density at radius 1 is 1.64 bits per heavy atom. The van der Waals surface area contributed by atoms with Gasteiger partial charge in [0.2, 0.25) is 5.92 Å². The molecule has 14 heavy (non-hydrogen) atoms. The number of nitrogens with two attached hydrogens (primary N) is 1. The van der Waals surface area contributed by atoms with Crippen molar-refractivity contribution in [2.45, 2.75) is 38.2 Å². The molecule has 0 amide bonds. The molecule has 0 aromatic carbocycles. The number of halogens is 2. The first-order valence-electron chi connectivity index (χ1n) is 4.81. The highest BCUT2D eigenvalue weighted by molar-refractivity contribution is 5.80. The van der Waals surface area contributed by atoms with Crippen molar-refractivity contribution in [2.24, 2.45) is 10.7 Å². The minimum Gasteiger partial charge on any atom is -0.326 e. The molecule has 1 atom stereocenters. The van der Waals surface area contributed by atoms with Gasteiger partial charge in [-0.05, 0) is 25.3 Å². The molecule has 0 bridgehead atoms. The largest absolute Gasteiger partial charge is 0.326 e. The summed E-state index contributed by atoms with van der Waals surface area (Å²) in [6, 6.07) is 0.0103. The van der Waals surface area contributed by atoms with Crippen LogP contribution in [-0.2, 0) is 0 Å². The van der Waals surface area contributed by atoms with Gasteiger partial charge >= 0.3 is 0 Å². The molecule has 1 aliphatic rings. The van der Waals surface area contributed by atoms with E-state index in [4.69, 9.17) is 5.73 Å². The van der Waals surface area contributed by atoms with E-state index in [1.807, 2.05) is 6.08 Å². The Kier molecular flexibility index (Phi) is 3.75. The molecule has 1 rings (SSSR count). The highest BCUT2D eigenvalue weighted by atomic mass is 19.3. The molecule has 0 radical (unpaired) electrons. The third-order valence-electron chi connectivity index (χ3n) is 2.26. The molecule has 2 N–H and O–H groups in total. The predicted octanol–water partition coefficient (Wildman–Crippen LogP) is 2.15. The molecule has 1 heterocycles. The van der Waals surface area contributed by atoms with Gasteiger partial charge in [-0.25, -0.2) is 8.78 Å². The fourth-order valence-corrected chi connectivity index (χ4v) is 1.35. The van der Waals surface area contributed by atoms with Gasteiger partial charge in [-0.3, -0.25) is 4.99 Å². The minimum atomic E-state index is -2.58. The van der Waals surface area contributed by atoms with E-state index in [0.29, 0.717) is 13.0 Å². The van der Waals surface area contributed by atoms with E-state index in [2.05, 4.69) is 4.99 Å². The summed E-state index contributed by atoms with van der Waals surface area (Å²) in [7, 11) is 0. The van der Waals surface area contributed by atoms with E-state index in [1.165, 1.54) is 0 Å². The van der Waals surface area contributed by atoms with Crippen LogP contribution in [0.3, 0.4) is 0 Å². The van der Waals surface area contributed by atoms with Crippen molar-refractivity contribution in [1.82, 2.24) is 0 Å². The monoisotopic (exact) mass is 202 g/mol. The van der Waals surface area contributed by atoms with Gasteiger partial charge in [0.15, 0.2) is 0 Å². The second kappa shape index (κ2) is 4.64. The molecular weight excluding hydrogens is 186 g/mol. The first-order chi connectivity index (χ1) is 6.51. The summed E-state index contributed by atoms with van der Waals surface area (Å²) in [5, 5.41) is 0. The Hall–Kier alpha value is -0.770. The maximum absolute atomic E-state index is 12.5. The van der Waals surface area contributed by atoms with Crippen molar-refractivity contribution in [3.05, 3.63) is 11.6 Å². The second-order valence-corrected chi connectivity index (χ2v) is 3.76. The Morgan fingerprint density at radius 2 is 2.36 bits per heavy atom. The summed E-state index contributed by atoms with van der Waals surface area (Å²) in [4.78, 5) is 4.18. The molecular formula is C10H16F2N2. The fraction of sp³-hybridized carbons (Fsp3) is 0.700. The van der Waals surface area contributed by atoms with Crippen LogP contribution in [0.2, 0.25) is 0 Å². The number of dihydropyridines is 1. The van der Waals surface area contributed by atoms with Crippen molar-refractivity contribution in [3.63, 3.8) is 0 Å². The number of hydrogen-bond acceptors (Lipinski definition) is 2. The SMILES string of the molecule is CC(F)(F)CCC1CC=C(CN)C=N1. The standard InChI is InChI=1S/C10H16F2N2/c1-10(11,12)5-4-9-3-2-8(6-13)7-14-9/h2,7,9H,3-6,13H2,1H3. The van der Waals surface area contributed by atoms with Crippen LogP contribution >= 0.6 is 0 Å². The van der Waals surface area contributed by atoms with Crippen molar-refractivity contribution in [3.8, 4) is 0 Å². The maximum atomic E-state index is 12.5. The van der Waals surface area contributed by atoms with E-state index >= 15 is 0 Å². The molecule has 0 spiro atoms. The minimum absolute atomic E-state index is 0.0103. The lowest BCUT2D eigenvalue weighted by atomic mass is 10.0. The quantitative estimate of drug-likeness (QED) is 0.745. The molecule has 2 nitrogen and oxygen atoms in total. The normalized spacial score (nSPS) is 22.3. The van der Waals surface area contributed by atoms with Crippen molar-refractivity contribution in [1.29, 1.82) is 0 Å².